The molecule has 0 N–H and O–H groups in total. The van der Waals surface area contributed by atoms with Crippen molar-refractivity contribution in [2.75, 3.05) is 112 Å². The molecule has 11 nitrogen and oxygen atoms in total. The Bertz CT molecular complexity index is 1400. The van der Waals surface area contributed by atoms with E-state index in [2.05, 4.69) is 4.90 Å². The van der Waals surface area contributed by atoms with Gasteiger partial charge in [-0.2, -0.15) is 0 Å². The van der Waals surface area contributed by atoms with Crippen LogP contribution in [0.2, 0.25) is 10.0 Å². The van der Waals surface area contributed by atoms with E-state index in [0.717, 1.165) is 23.2 Å². The Balaban J connectivity index is 1.16. The van der Waals surface area contributed by atoms with Gasteiger partial charge in [0.15, 0.2) is 9.84 Å². The lowest BCUT2D eigenvalue weighted by Gasteiger charge is -2.33. The number of benzene rings is 2. The molecule has 1 atom stereocenters. The first-order valence-electron chi connectivity index (χ1n) is 17.8. The number of likely N-dealkylation sites (N-methyl/N-ethyl adjacent to an activating group) is 1. The summed E-state index contributed by atoms with van der Waals surface area (Å²) in [7, 11) is -1.47. The maximum absolute atomic E-state index is 13.2. The second kappa shape index (κ2) is 25.4. The summed E-state index contributed by atoms with van der Waals surface area (Å²) in [5.41, 5.74) is 2.98. The predicted molar refractivity (Wildman–Crippen MR) is 198 cm³/mol. The number of carbonyl (C=O) groups is 1. The third-order valence-corrected chi connectivity index (χ3v) is 10.5. The monoisotopic (exact) mass is 775 g/mol. The number of rotatable bonds is 29. The van der Waals surface area contributed by atoms with Crippen LogP contribution in [0.4, 0.5) is 0 Å². The van der Waals surface area contributed by atoms with E-state index < -0.39 is 9.84 Å². The van der Waals surface area contributed by atoms with Crippen LogP contribution in [0, 0.1) is 0 Å². The fraction of sp³-hybridized carbons (Fsp3) is 0.649. The van der Waals surface area contributed by atoms with E-state index in [0.29, 0.717) is 140 Å². The molecule has 0 radical (unpaired) electrons. The highest BCUT2D eigenvalue weighted by molar-refractivity contribution is 7.91. The molecule has 0 saturated heterocycles. The summed E-state index contributed by atoms with van der Waals surface area (Å²) in [6.07, 6.45) is 1.85. The summed E-state index contributed by atoms with van der Waals surface area (Å²) < 4.78 is 64.4. The highest BCUT2D eigenvalue weighted by atomic mass is 35.5. The molecule has 0 amide bonds. The van der Waals surface area contributed by atoms with Gasteiger partial charge in [-0.15, -0.1) is 0 Å². The van der Waals surface area contributed by atoms with Crippen LogP contribution >= 0.6 is 23.2 Å². The molecule has 14 heteroatoms. The summed E-state index contributed by atoms with van der Waals surface area (Å²) >= 11 is 12.8. The summed E-state index contributed by atoms with van der Waals surface area (Å²) in [5.74, 6) is 0.0945. The topological polar surface area (TPSA) is 119 Å². The Kier molecular flexibility index (Phi) is 21.7. The molecule has 2 aromatic carbocycles. The van der Waals surface area contributed by atoms with E-state index in [1.165, 1.54) is 0 Å². The van der Waals surface area contributed by atoms with Crippen molar-refractivity contribution in [1.29, 1.82) is 0 Å². The maximum atomic E-state index is 13.2. The Morgan fingerprint density at radius 2 is 1.31 bits per heavy atom. The van der Waals surface area contributed by atoms with Crippen molar-refractivity contribution in [3.63, 3.8) is 0 Å². The number of fused-ring (bicyclic) bond motifs is 1. The zero-order valence-corrected chi connectivity index (χ0v) is 32.4. The van der Waals surface area contributed by atoms with Crippen molar-refractivity contribution in [2.45, 2.75) is 50.0 Å². The standard InChI is InChI=1S/C37H55Cl2NO10S/c1-3-44-14-15-48-22-23-50-21-18-47-13-10-32(41)8-5-11-45-16-19-49-20-17-46-12-6-24-51(42,43)33-9-4-7-30(25-33)35-28-40(2)29-36-34(35)26-31(38)27-37(36)39/h4,7,9,25-27,35H,3,5-6,8,10-24,28-29H2,1-2H3. The third kappa shape index (κ3) is 17.3. The highest BCUT2D eigenvalue weighted by Gasteiger charge is 2.28. The lowest BCUT2D eigenvalue weighted by atomic mass is 9.85. The van der Waals surface area contributed by atoms with Crippen molar-refractivity contribution in [1.82, 2.24) is 4.90 Å². The van der Waals surface area contributed by atoms with Gasteiger partial charge in [-0.1, -0.05) is 35.3 Å². The molecule has 0 bridgehead atoms. The van der Waals surface area contributed by atoms with E-state index in [4.69, 9.17) is 56.4 Å². The molecule has 0 aromatic heterocycles. The van der Waals surface area contributed by atoms with Crippen LogP contribution in [-0.2, 0) is 54.3 Å². The summed E-state index contributed by atoms with van der Waals surface area (Å²) in [4.78, 5) is 14.5. The van der Waals surface area contributed by atoms with Crippen LogP contribution in [0.1, 0.15) is 55.2 Å². The van der Waals surface area contributed by atoms with Crippen molar-refractivity contribution in [3.05, 3.63) is 63.1 Å². The second-order valence-corrected chi connectivity index (χ2v) is 15.2. The molecule has 1 aliphatic rings. The van der Waals surface area contributed by atoms with Crippen molar-refractivity contribution >= 4 is 38.8 Å². The Morgan fingerprint density at radius 3 is 1.94 bits per heavy atom. The predicted octanol–water partition coefficient (Wildman–Crippen LogP) is 5.61. The summed E-state index contributed by atoms with van der Waals surface area (Å²) in [6.45, 7) is 9.94. The number of nitrogens with zero attached hydrogens (tertiary/aromatic N) is 1. The quantitative estimate of drug-likeness (QED) is 0.0960. The molecule has 288 valence electrons. The second-order valence-electron chi connectivity index (χ2n) is 12.2. The molecular weight excluding hydrogens is 721 g/mol. The minimum absolute atomic E-state index is 0.0129. The number of hydrogen-bond acceptors (Lipinski definition) is 11. The van der Waals surface area contributed by atoms with Crippen LogP contribution in [-0.4, -0.2) is 131 Å². The molecule has 1 unspecified atom stereocenters. The number of hydrogen-bond donors (Lipinski definition) is 0. The van der Waals surface area contributed by atoms with Crippen LogP contribution < -0.4 is 0 Å². The van der Waals surface area contributed by atoms with Gasteiger partial charge >= 0.3 is 0 Å². The van der Waals surface area contributed by atoms with Crippen molar-refractivity contribution in [3.8, 4) is 0 Å². The van der Waals surface area contributed by atoms with Crippen LogP contribution in [0.15, 0.2) is 41.3 Å². The van der Waals surface area contributed by atoms with Gasteiger partial charge in [-0.05, 0) is 67.8 Å². The lowest BCUT2D eigenvalue weighted by Crippen LogP contribution is -2.31. The van der Waals surface area contributed by atoms with E-state index in [9.17, 15) is 13.2 Å². The molecule has 0 saturated carbocycles. The molecule has 3 rings (SSSR count). The number of Topliss-reactive ketones (excluding diaryl/α,β-unsaturated/α-hetero) is 1. The van der Waals surface area contributed by atoms with Crippen LogP contribution in [0.3, 0.4) is 0 Å². The van der Waals surface area contributed by atoms with E-state index in [1.807, 2.05) is 26.1 Å². The first-order chi connectivity index (χ1) is 24.7. The number of ether oxygens (including phenoxy) is 7. The normalized spacial score (nSPS) is 14.9. The Labute approximate surface area is 314 Å². The number of sulfone groups is 1. The summed E-state index contributed by atoms with van der Waals surface area (Å²) in [5, 5.41) is 1.20. The SMILES string of the molecule is CCOCCOCCOCCOCCC(=O)CCCOCCOCCOCCCS(=O)(=O)c1cccc(C2CN(C)Cc3c(Cl)cc(Cl)cc32)c1. The van der Waals surface area contributed by atoms with Crippen molar-refractivity contribution in [2.24, 2.45) is 0 Å². The molecule has 1 aliphatic heterocycles. The van der Waals surface area contributed by atoms with E-state index in [1.54, 1.807) is 24.3 Å². The van der Waals surface area contributed by atoms with Crippen LogP contribution in [0.5, 0.6) is 0 Å². The Morgan fingerprint density at radius 1 is 0.745 bits per heavy atom. The zero-order valence-electron chi connectivity index (χ0n) is 30.1. The Hall–Kier alpha value is -1.68. The molecule has 0 spiro atoms. The van der Waals surface area contributed by atoms with E-state index >= 15 is 0 Å². The number of halogens is 2. The van der Waals surface area contributed by atoms with Gasteiger partial charge in [-0.25, -0.2) is 8.42 Å². The first kappa shape index (κ1) is 43.7. The third-order valence-electron chi connectivity index (χ3n) is 8.15. The van der Waals surface area contributed by atoms with E-state index in [-0.39, 0.29) is 17.5 Å². The maximum Gasteiger partial charge on any atom is 0.178 e. The average Bonchev–Trinajstić information content (AvgIpc) is 3.10. The zero-order chi connectivity index (χ0) is 36.7. The first-order valence-corrected chi connectivity index (χ1v) is 20.2. The van der Waals surface area contributed by atoms with Crippen LogP contribution in [0.25, 0.3) is 0 Å². The van der Waals surface area contributed by atoms with Gasteiger partial charge in [0.2, 0.25) is 0 Å². The minimum Gasteiger partial charge on any atom is -0.379 e. The molecule has 1 heterocycles. The molecule has 51 heavy (non-hydrogen) atoms. The fourth-order valence-electron chi connectivity index (χ4n) is 5.55. The van der Waals surface area contributed by atoms with Gasteiger partial charge in [0.05, 0.1) is 83.3 Å². The molecular formula is C37H55Cl2NO10S. The highest BCUT2D eigenvalue weighted by Crippen LogP contribution is 2.38. The van der Waals surface area contributed by atoms with Gasteiger partial charge in [-0.3, -0.25) is 4.79 Å². The number of ketones is 1. The molecule has 0 fully saturated rings. The lowest BCUT2D eigenvalue weighted by molar-refractivity contribution is -0.120. The number of carbonyl (C=O) groups excluding carboxylic acids is 1. The smallest absolute Gasteiger partial charge is 0.178 e. The largest absolute Gasteiger partial charge is 0.379 e. The minimum atomic E-state index is -3.49. The van der Waals surface area contributed by atoms with Crippen molar-refractivity contribution < 1.29 is 46.4 Å². The van der Waals surface area contributed by atoms with Gasteiger partial charge in [0, 0.05) is 61.7 Å². The van der Waals surface area contributed by atoms with Gasteiger partial charge in [0.1, 0.15) is 5.78 Å². The molecule has 2 aromatic rings. The molecule has 0 aliphatic carbocycles. The summed E-state index contributed by atoms with van der Waals surface area (Å²) in [6, 6.07) is 10.9. The average molecular weight is 777 g/mol. The van der Waals surface area contributed by atoms with Gasteiger partial charge in [0.25, 0.3) is 0 Å². The fourth-order valence-corrected chi connectivity index (χ4v) is 7.46. The van der Waals surface area contributed by atoms with Gasteiger partial charge < -0.3 is 38.1 Å².